The van der Waals surface area contributed by atoms with Crippen LogP contribution in [0, 0.1) is 0 Å². The van der Waals surface area contributed by atoms with Gasteiger partial charge in [-0.1, -0.05) is 6.08 Å². The third-order valence-electron chi connectivity index (χ3n) is 1.32. The van der Waals surface area contributed by atoms with Crippen LogP contribution in [0.25, 0.3) is 0 Å². The minimum absolute atomic E-state index is 0.366. The van der Waals surface area contributed by atoms with Gasteiger partial charge in [-0.05, 0) is 13.8 Å². The van der Waals surface area contributed by atoms with Crippen molar-refractivity contribution in [3.05, 3.63) is 12.7 Å². The Balaban J connectivity index is 3.36. The quantitative estimate of drug-likeness (QED) is 0.584. The van der Waals surface area contributed by atoms with Gasteiger partial charge in [0.05, 0.1) is 6.61 Å². The first-order valence-electron chi connectivity index (χ1n) is 3.58. The Morgan fingerprint density at radius 2 is 2.20 bits per heavy atom. The van der Waals surface area contributed by atoms with Crippen LogP contribution in [-0.4, -0.2) is 25.8 Å². The predicted molar refractivity (Wildman–Crippen MR) is 44.1 cm³/mol. The van der Waals surface area contributed by atoms with Gasteiger partial charge < -0.3 is 10.1 Å². The Kier molecular flexibility index (Phi) is 5.26. The average Bonchev–Trinajstić information content (AvgIpc) is 1.88. The maximum atomic E-state index is 4.95. The summed E-state index contributed by atoms with van der Waals surface area (Å²) in [5, 5.41) is 3.29. The fourth-order valence-electron chi connectivity index (χ4n) is 0.815. The lowest BCUT2D eigenvalue weighted by atomic mass is 10.3. The summed E-state index contributed by atoms with van der Waals surface area (Å²) in [5.41, 5.74) is 0. The van der Waals surface area contributed by atoms with Crippen LogP contribution in [0.5, 0.6) is 0 Å². The minimum Gasteiger partial charge on any atom is -0.383 e. The van der Waals surface area contributed by atoms with Crippen molar-refractivity contribution in [1.29, 1.82) is 0 Å². The highest BCUT2D eigenvalue weighted by atomic mass is 16.5. The van der Waals surface area contributed by atoms with E-state index < -0.39 is 0 Å². The van der Waals surface area contributed by atoms with Crippen LogP contribution in [0.1, 0.15) is 13.8 Å². The molecule has 0 saturated heterocycles. The lowest BCUT2D eigenvalue weighted by Gasteiger charge is -2.15. The van der Waals surface area contributed by atoms with Crippen molar-refractivity contribution in [1.82, 2.24) is 5.32 Å². The number of hydrogen-bond acceptors (Lipinski definition) is 2. The van der Waals surface area contributed by atoms with Gasteiger partial charge in [-0.2, -0.15) is 0 Å². The second kappa shape index (κ2) is 5.45. The minimum atomic E-state index is 0.366. The molecule has 0 aliphatic heterocycles. The second-order valence-corrected chi connectivity index (χ2v) is 2.55. The molecule has 0 aromatic rings. The van der Waals surface area contributed by atoms with Gasteiger partial charge in [0.15, 0.2) is 0 Å². The zero-order valence-corrected chi connectivity index (χ0v) is 7.05. The summed E-state index contributed by atoms with van der Waals surface area (Å²) >= 11 is 0. The van der Waals surface area contributed by atoms with Crippen molar-refractivity contribution >= 4 is 0 Å². The van der Waals surface area contributed by atoms with Gasteiger partial charge in [0.1, 0.15) is 0 Å². The molecule has 2 atom stereocenters. The van der Waals surface area contributed by atoms with E-state index in [0.29, 0.717) is 12.1 Å². The molecule has 10 heavy (non-hydrogen) atoms. The van der Waals surface area contributed by atoms with E-state index in [1.54, 1.807) is 7.11 Å². The Labute approximate surface area is 63.3 Å². The van der Waals surface area contributed by atoms with Crippen molar-refractivity contribution < 1.29 is 4.74 Å². The van der Waals surface area contributed by atoms with Crippen LogP contribution >= 0.6 is 0 Å². The van der Waals surface area contributed by atoms with Crippen molar-refractivity contribution in [2.45, 2.75) is 25.9 Å². The van der Waals surface area contributed by atoms with Crippen molar-refractivity contribution in [2.75, 3.05) is 13.7 Å². The van der Waals surface area contributed by atoms with Gasteiger partial charge in [0, 0.05) is 19.2 Å². The summed E-state index contributed by atoms with van der Waals surface area (Å²) < 4.78 is 4.95. The zero-order valence-electron chi connectivity index (χ0n) is 7.05. The summed E-state index contributed by atoms with van der Waals surface area (Å²) in [6, 6.07) is 0.767. The standard InChI is InChI=1S/C8H17NO/c1-5-7(2)9-8(3)6-10-4/h5,7-9H,1,6H2,2-4H3. The van der Waals surface area contributed by atoms with Crippen molar-refractivity contribution in [3.63, 3.8) is 0 Å². The average molecular weight is 143 g/mol. The van der Waals surface area contributed by atoms with Gasteiger partial charge in [-0.25, -0.2) is 0 Å². The second-order valence-electron chi connectivity index (χ2n) is 2.55. The normalized spacial score (nSPS) is 16.3. The van der Waals surface area contributed by atoms with Crippen LogP contribution in [0.15, 0.2) is 12.7 Å². The van der Waals surface area contributed by atoms with E-state index in [1.807, 2.05) is 6.08 Å². The maximum Gasteiger partial charge on any atom is 0.0613 e. The van der Waals surface area contributed by atoms with Gasteiger partial charge in [0.25, 0.3) is 0 Å². The summed E-state index contributed by atoms with van der Waals surface area (Å²) in [5.74, 6) is 0. The molecule has 60 valence electrons. The molecule has 2 nitrogen and oxygen atoms in total. The molecular weight excluding hydrogens is 126 g/mol. The van der Waals surface area contributed by atoms with E-state index in [2.05, 4.69) is 25.7 Å². The SMILES string of the molecule is C=CC(C)NC(C)COC. The van der Waals surface area contributed by atoms with Gasteiger partial charge in [0.2, 0.25) is 0 Å². The van der Waals surface area contributed by atoms with Gasteiger partial charge >= 0.3 is 0 Å². The number of ether oxygens (including phenoxy) is 1. The van der Waals surface area contributed by atoms with Crippen LogP contribution in [0.4, 0.5) is 0 Å². The van der Waals surface area contributed by atoms with E-state index in [0.717, 1.165) is 6.61 Å². The highest BCUT2D eigenvalue weighted by Crippen LogP contribution is 1.87. The van der Waals surface area contributed by atoms with E-state index >= 15 is 0 Å². The molecule has 0 heterocycles. The molecule has 0 bridgehead atoms. The largest absolute Gasteiger partial charge is 0.383 e. The zero-order chi connectivity index (χ0) is 7.98. The smallest absolute Gasteiger partial charge is 0.0613 e. The maximum absolute atomic E-state index is 4.95. The van der Waals surface area contributed by atoms with Gasteiger partial charge in [-0.3, -0.25) is 0 Å². The molecule has 0 aliphatic carbocycles. The Morgan fingerprint density at radius 1 is 1.60 bits per heavy atom. The summed E-state index contributed by atoms with van der Waals surface area (Å²) in [4.78, 5) is 0. The number of nitrogens with one attached hydrogen (secondary N) is 1. The van der Waals surface area contributed by atoms with Crippen LogP contribution in [0.3, 0.4) is 0 Å². The topological polar surface area (TPSA) is 21.3 Å². The Morgan fingerprint density at radius 3 is 2.60 bits per heavy atom. The van der Waals surface area contributed by atoms with E-state index in [1.165, 1.54) is 0 Å². The summed E-state index contributed by atoms with van der Waals surface area (Å²) in [7, 11) is 1.71. The molecule has 0 aliphatic rings. The van der Waals surface area contributed by atoms with Crippen molar-refractivity contribution in [3.8, 4) is 0 Å². The van der Waals surface area contributed by atoms with E-state index in [4.69, 9.17) is 4.74 Å². The third-order valence-corrected chi connectivity index (χ3v) is 1.32. The fourth-order valence-corrected chi connectivity index (χ4v) is 0.815. The van der Waals surface area contributed by atoms with Crippen LogP contribution in [0.2, 0.25) is 0 Å². The Bertz CT molecular complexity index is 93.3. The molecule has 0 spiro atoms. The first-order valence-corrected chi connectivity index (χ1v) is 3.58. The number of hydrogen-bond donors (Lipinski definition) is 1. The number of rotatable bonds is 5. The van der Waals surface area contributed by atoms with Crippen molar-refractivity contribution in [2.24, 2.45) is 0 Å². The van der Waals surface area contributed by atoms with Crippen LogP contribution in [-0.2, 0) is 4.74 Å². The highest BCUT2D eigenvalue weighted by Gasteiger charge is 2.01. The van der Waals surface area contributed by atoms with Crippen LogP contribution < -0.4 is 5.32 Å². The molecule has 0 saturated carbocycles. The summed E-state index contributed by atoms with van der Waals surface area (Å²) in [6.07, 6.45) is 1.88. The van der Waals surface area contributed by atoms with E-state index in [9.17, 15) is 0 Å². The highest BCUT2D eigenvalue weighted by molar-refractivity contribution is 4.82. The third kappa shape index (κ3) is 4.53. The van der Waals surface area contributed by atoms with Gasteiger partial charge in [-0.15, -0.1) is 6.58 Å². The molecular formula is C8H17NO. The molecule has 2 heteroatoms. The lowest BCUT2D eigenvalue weighted by molar-refractivity contribution is 0.170. The molecule has 2 unspecified atom stereocenters. The lowest BCUT2D eigenvalue weighted by Crippen LogP contribution is -2.35. The monoisotopic (exact) mass is 143 g/mol. The van der Waals surface area contributed by atoms with E-state index in [-0.39, 0.29) is 0 Å². The molecule has 0 aromatic heterocycles. The Hall–Kier alpha value is -0.340. The molecule has 0 amide bonds. The first kappa shape index (κ1) is 9.66. The first-order chi connectivity index (χ1) is 4.70. The molecule has 0 fully saturated rings. The summed E-state index contributed by atoms with van der Waals surface area (Å²) in [6.45, 7) is 8.57. The molecule has 0 radical (unpaired) electrons. The molecule has 0 rings (SSSR count). The molecule has 0 aromatic carbocycles. The fraction of sp³-hybridized carbons (Fsp3) is 0.750. The number of methoxy groups -OCH3 is 1. The predicted octanol–water partition coefficient (Wildman–Crippen LogP) is 1.19. The molecule has 1 N–H and O–H groups in total.